The molecule has 1 aromatic rings. The monoisotopic (exact) mass is 337 g/mol. The molecule has 0 bridgehead atoms. The molecule has 0 aliphatic carbocycles. The second kappa shape index (κ2) is 6.78. The van der Waals surface area contributed by atoms with Gasteiger partial charge in [-0.05, 0) is 30.0 Å². The Morgan fingerprint density at radius 2 is 1.85 bits per heavy atom. The minimum atomic E-state index is -3.92. The summed E-state index contributed by atoms with van der Waals surface area (Å²) in [5, 5.41) is 2.90. The standard InChI is InChI=1S/C13H17Cl2NO3S/c1-8(2)9(3)7-16-13(17)10-4-11(14)6-12(5-10)20(15,18)19/h4-6,8-9H,7H2,1-3H3,(H,16,17). The predicted octanol–water partition coefficient (Wildman–Crippen LogP) is 3.29. The van der Waals surface area contributed by atoms with Gasteiger partial charge in [-0.2, -0.15) is 0 Å². The Kier molecular flexibility index (Phi) is 5.86. The Balaban J connectivity index is 2.92. The molecule has 0 fully saturated rings. The highest BCUT2D eigenvalue weighted by Gasteiger charge is 2.16. The van der Waals surface area contributed by atoms with E-state index in [9.17, 15) is 13.2 Å². The molecular weight excluding hydrogens is 321 g/mol. The van der Waals surface area contributed by atoms with Crippen LogP contribution in [0.1, 0.15) is 31.1 Å². The third-order valence-corrected chi connectivity index (χ3v) is 4.69. The molecule has 0 saturated carbocycles. The summed E-state index contributed by atoms with van der Waals surface area (Å²) in [5.41, 5.74) is 0.174. The van der Waals surface area contributed by atoms with Crippen molar-refractivity contribution < 1.29 is 13.2 Å². The Morgan fingerprint density at radius 1 is 1.25 bits per heavy atom. The summed E-state index contributed by atoms with van der Waals surface area (Å²) in [5.74, 6) is 0.379. The van der Waals surface area contributed by atoms with Crippen LogP contribution in [0.4, 0.5) is 0 Å². The number of halogens is 2. The maximum atomic E-state index is 12.0. The van der Waals surface area contributed by atoms with Crippen molar-refractivity contribution >= 4 is 37.2 Å². The molecule has 1 N–H and O–H groups in total. The molecule has 0 aliphatic rings. The quantitative estimate of drug-likeness (QED) is 0.838. The number of carbonyl (C=O) groups is 1. The van der Waals surface area contributed by atoms with E-state index in [0.717, 1.165) is 0 Å². The van der Waals surface area contributed by atoms with Crippen molar-refractivity contribution in [2.24, 2.45) is 11.8 Å². The predicted molar refractivity (Wildman–Crippen MR) is 80.8 cm³/mol. The van der Waals surface area contributed by atoms with Gasteiger partial charge in [-0.25, -0.2) is 8.42 Å². The molecule has 0 aliphatic heterocycles. The fourth-order valence-corrected chi connectivity index (χ4v) is 2.53. The number of benzene rings is 1. The van der Waals surface area contributed by atoms with E-state index in [0.29, 0.717) is 18.4 Å². The molecule has 7 heteroatoms. The van der Waals surface area contributed by atoms with Crippen LogP contribution >= 0.6 is 22.3 Å². The third kappa shape index (κ3) is 4.96. The molecule has 112 valence electrons. The molecule has 0 spiro atoms. The molecule has 0 radical (unpaired) electrons. The van der Waals surface area contributed by atoms with Crippen molar-refractivity contribution in [2.75, 3.05) is 6.54 Å². The van der Waals surface area contributed by atoms with Gasteiger partial charge in [0.05, 0.1) is 4.90 Å². The molecule has 1 atom stereocenters. The first-order valence-electron chi connectivity index (χ1n) is 6.14. The fourth-order valence-electron chi connectivity index (χ4n) is 1.43. The van der Waals surface area contributed by atoms with Gasteiger partial charge < -0.3 is 5.32 Å². The minimum absolute atomic E-state index is 0.147. The largest absolute Gasteiger partial charge is 0.352 e. The molecular formula is C13H17Cl2NO3S. The average Bonchev–Trinajstić information content (AvgIpc) is 2.33. The number of amides is 1. The van der Waals surface area contributed by atoms with E-state index in [4.69, 9.17) is 22.3 Å². The maximum Gasteiger partial charge on any atom is 0.261 e. The van der Waals surface area contributed by atoms with E-state index in [1.165, 1.54) is 18.2 Å². The second-order valence-electron chi connectivity index (χ2n) is 5.04. The van der Waals surface area contributed by atoms with Gasteiger partial charge in [-0.15, -0.1) is 0 Å². The van der Waals surface area contributed by atoms with Crippen LogP contribution in [0.2, 0.25) is 5.02 Å². The second-order valence-corrected chi connectivity index (χ2v) is 8.05. The van der Waals surface area contributed by atoms with Crippen molar-refractivity contribution in [3.8, 4) is 0 Å². The summed E-state index contributed by atoms with van der Waals surface area (Å²) in [6.07, 6.45) is 0. The Morgan fingerprint density at radius 3 is 2.35 bits per heavy atom. The van der Waals surface area contributed by atoms with E-state index >= 15 is 0 Å². The van der Waals surface area contributed by atoms with Crippen molar-refractivity contribution in [3.05, 3.63) is 28.8 Å². The van der Waals surface area contributed by atoms with Gasteiger partial charge in [-0.3, -0.25) is 4.79 Å². The topological polar surface area (TPSA) is 63.2 Å². The van der Waals surface area contributed by atoms with Gasteiger partial charge in [0, 0.05) is 27.8 Å². The number of hydrogen-bond acceptors (Lipinski definition) is 3. The molecule has 1 unspecified atom stereocenters. The number of hydrogen-bond donors (Lipinski definition) is 1. The van der Waals surface area contributed by atoms with Gasteiger partial charge in [0.25, 0.3) is 15.0 Å². The highest BCUT2D eigenvalue weighted by Crippen LogP contribution is 2.22. The molecule has 0 heterocycles. The van der Waals surface area contributed by atoms with E-state index in [-0.39, 0.29) is 21.4 Å². The van der Waals surface area contributed by atoms with Crippen LogP contribution in [0.5, 0.6) is 0 Å². The summed E-state index contributed by atoms with van der Waals surface area (Å²) >= 11 is 5.81. The maximum absolute atomic E-state index is 12.0. The SMILES string of the molecule is CC(C)C(C)CNC(=O)c1cc(Cl)cc(S(=O)(=O)Cl)c1. The first-order valence-corrected chi connectivity index (χ1v) is 8.83. The number of carbonyl (C=O) groups excluding carboxylic acids is 1. The van der Waals surface area contributed by atoms with E-state index < -0.39 is 9.05 Å². The van der Waals surface area contributed by atoms with Crippen molar-refractivity contribution in [2.45, 2.75) is 25.7 Å². The average molecular weight is 338 g/mol. The van der Waals surface area contributed by atoms with E-state index in [1.807, 2.05) is 6.92 Å². The van der Waals surface area contributed by atoms with Gasteiger partial charge in [-0.1, -0.05) is 32.4 Å². The molecule has 1 amide bonds. The van der Waals surface area contributed by atoms with Crippen LogP contribution in [0.25, 0.3) is 0 Å². The zero-order valence-corrected chi connectivity index (χ0v) is 13.8. The third-order valence-electron chi connectivity index (χ3n) is 3.14. The fraction of sp³-hybridized carbons (Fsp3) is 0.462. The van der Waals surface area contributed by atoms with Crippen LogP contribution < -0.4 is 5.32 Å². The summed E-state index contributed by atoms with van der Waals surface area (Å²) in [6.45, 7) is 6.66. The normalized spacial score (nSPS) is 13.3. The van der Waals surface area contributed by atoms with Gasteiger partial charge in [0.1, 0.15) is 0 Å². The van der Waals surface area contributed by atoms with Crippen molar-refractivity contribution in [3.63, 3.8) is 0 Å². The summed E-state index contributed by atoms with van der Waals surface area (Å²) in [7, 11) is 1.34. The smallest absolute Gasteiger partial charge is 0.261 e. The van der Waals surface area contributed by atoms with Crippen molar-refractivity contribution in [1.29, 1.82) is 0 Å². The molecule has 1 rings (SSSR count). The lowest BCUT2D eigenvalue weighted by molar-refractivity contribution is 0.0944. The minimum Gasteiger partial charge on any atom is -0.352 e. The lowest BCUT2D eigenvalue weighted by Gasteiger charge is -2.16. The summed E-state index contributed by atoms with van der Waals surface area (Å²) in [6, 6.07) is 3.82. The lowest BCUT2D eigenvalue weighted by atomic mass is 9.98. The number of nitrogens with one attached hydrogen (secondary N) is 1. The molecule has 0 aromatic heterocycles. The zero-order valence-electron chi connectivity index (χ0n) is 11.5. The van der Waals surface area contributed by atoms with Gasteiger partial charge >= 0.3 is 0 Å². The Labute approximate surface area is 128 Å². The summed E-state index contributed by atoms with van der Waals surface area (Å²) < 4.78 is 22.6. The van der Waals surface area contributed by atoms with Crippen molar-refractivity contribution in [1.82, 2.24) is 5.32 Å². The highest BCUT2D eigenvalue weighted by molar-refractivity contribution is 8.13. The number of rotatable bonds is 5. The van der Waals surface area contributed by atoms with E-state index in [1.54, 1.807) is 0 Å². The molecule has 0 saturated heterocycles. The van der Waals surface area contributed by atoms with Crippen LogP contribution in [0.15, 0.2) is 23.1 Å². The van der Waals surface area contributed by atoms with Crippen LogP contribution in [-0.4, -0.2) is 20.9 Å². The molecule has 1 aromatic carbocycles. The van der Waals surface area contributed by atoms with Crippen LogP contribution in [0, 0.1) is 11.8 Å². The van der Waals surface area contributed by atoms with Crippen LogP contribution in [0.3, 0.4) is 0 Å². The molecule has 4 nitrogen and oxygen atoms in total. The van der Waals surface area contributed by atoms with Crippen LogP contribution in [-0.2, 0) is 9.05 Å². The molecule has 20 heavy (non-hydrogen) atoms. The Hall–Kier alpha value is -0.780. The first-order chi connectivity index (χ1) is 9.11. The van der Waals surface area contributed by atoms with Gasteiger partial charge in [0.2, 0.25) is 0 Å². The summed E-state index contributed by atoms with van der Waals surface area (Å²) in [4.78, 5) is 11.8. The first kappa shape index (κ1) is 17.3. The van der Waals surface area contributed by atoms with Gasteiger partial charge in [0.15, 0.2) is 0 Å². The zero-order chi connectivity index (χ0) is 15.5. The lowest BCUT2D eigenvalue weighted by Crippen LogP contribution is -2.30. The Bertz CT molecular complexity index is 600. The highest BCUT2D eigenvalue weighted by atomic mass is 35.7. The van der Waals surface area contributed by atoms with E-state index in [2.05, 4.69) is 19.2 Å².